The first-order chi connectivity index (χ1) is 23.2. The Morgan fingerprint density at radius 2 is 1.11 bits per heavy atom. The zero-order chi connectivity index (χ0) is 33.0. The second-order valence-electron chi connectivity index (χ2n) is 12.7. The number of halogens is 1. The van der Waals surface area contributed by atoms with Gasteiger partial charge in [-0.3, -0.25) is 0 Å². The topological polar surface area (TPSA) is 42.2 Å². The Labute approximate surface area is 282 Å². The van der Waals surface area contributed by atoms with Crippen molar-refractivity contribution in [3.63, 3.8) is 0 Å². The molecule has 1 unspecified atom stereocenters. The molecular weight excluding hydrogens is 581 g/mol. The molecule has 0 saturated heterocycles. The molecule has 0 aliphatic carbocycles. The molecule has 0 fully saturated rings. The summed E-state index contributed by atoms with van der Waals surface area (Å²) in [5.41, 5.74) is 3.26. The molecule has 4 aromatic rings. The van der Waals surface area contributed by atoms with Crippen molar-refractivity contribution >= 4 is 0 Å². The summed E-state index contributed by atoms with van der Waals surface area (Å²) in [6, 6.07) is 37.6. The molecule has 1 atom stereocenters. The number of unbranched alkanes of at least 4 members (excludes halogenated alkanes) is 11. The Balaban J connectivity index is 1.45. The molecule has 0 saturated carbocycles. The van der Waals surface area contributed by atoms with E-state index in [0.29, 0.717) is 17.7 Å². The molecule has 47 heavy (non-hydrogen) atoms. The molecule has 0 radical (unpaired) electrons. The highest BCUT2D eigenvalue weighted by Crippen LogP contribution is 2.40. The number of benzene rings is 4. The lowest BCUT2D eigenvalue weighted by atomic mass is 9.80. The Bertz CT molecular complexity index is 1360. The smallest absolute Gasteiger partial charge is 0.143 e. The van der Waals surface area contributed by atoms with Crippen LogP contribution in [0.4, 0.5) is 4.39 Å². The van der Waals surface area contributed by atoms with Crippen LogP contribution in [0.2, 0.25) is 0 Å². The molecule has 0 N–H and O–H groups in total. The lowest BCUT2D eigenvalue weighted by molar-refractivity contribution is -0.0731. The van der Waals surface area contributed by atoms with Gasteiger partial charge in [-0.2, -0.15) is 5.26 Å². The third kappa shape index (κ3) is 11.5. The van der Waals surface area contributed by atoms with Crippen LogP contribution in [0.15, 0.2) is 109 Å². The van der Waals surface area contributed by atoms with Crippen molar-refractivity contribution in [2.45, 2.75) is 109 Å². The molecule has 3 nitrogen and oxygen atoms in total. The minimum Gasteiger partial charge on any atom is -0.371 e. The van der Waals surface area contributed by atoms with E-state index in [-0.39, 0.29) is 12.7 Å². The van der Waals surface area contributed by atoms with Crippen LogP contribution in [-0.2, 0) is 21.7 Å². The number of hydrogen-bond acceptors (Lipinski definition) is 3. The van der Waals surface area contributed by atoms with Gasteiger partial charge in [0.25, 0.3) is 0 Å². The van der Waals surface area contributed by atoms with Crippen molar-refractivity contribution in [1.29, 1.82) is 5.26 Å². The van der Waals surface area contributed by atoms with Crippen molar-refractivity contribution < 1.29 is 13.9 Å². The second kappa shape index (κ2) is 20.5. The number of rotatable bonds is 22. The molecule has 4 heteroatoms. The van der Waals surface area contributed by atoms with Crippen molar-refractivity contribution in [2.75, 3.05) is 6.61 Å². The third-order valence-corrected chi connectivity index (χ3v) is 8.98. The van der Waals surface area contributed by atoms with Gasteiger partial charge in [-0.15, -0.1) is 0 Å². The normalized spacial score (nSPS) is 12.1. The van der Waals surface area contributed by atoms with Crippen LogP contribution in [0.1, 0.15) is 118 Å². The lowest BCUT2D eigenvalue weighted by Gasteiger charge is -2.37. The summed E-state index contributed by atoms with van der Waals surface area (Å²) in [4.78, 5) is 0. The van der Waals surface area contributed by atoms with Crippen molar-refractivity contribution in [1.82, 2.24) is 0 Å². The molecular formula is C43H52FNO2. The molecule has 0 heterocycles. The Morgan fingerprint density at radius 1 is 0.638 bits per heavy atom. The van der Waals surface area contributed by atoms with E-state index in [2.05, 4.69) is 85.8 Å². The lowest BCUT2D eigenvalue weighted by Crippen LogP contribution is -2.36. The maximum absolute atomic E-state index is 14.2. The molecule has 0 aliphatic rings. The molecule has 0 aromatic heterocycles. The summed E-state index contributed by atoms with van der Waals surface area (Å²) < 4.78 is 27.8. The highest BCUT2D eigenvalue weighted by Gasteiger charge is 2.38. The molecule has 0 spiro atoms. The maximum atomic E-state index is 14.2. The molecule has 248 valence electrons. The van der Waals surface area contributed by atoms with E-state index in [9.17, 15) is 9.65 Å². The van der Waals surface area contributed by atoms with Gasteiger partial charge in [0.05, 0.1) is 31.0 Å². The first-order valence-electron chi connectivity index (χ1n) is 17.8. The van der Waals surface area contributed by atoms with Gasteiger partial charge < -0.3 is 9.47 Å². The molecule has 0 amide bonds. The Morgan fingerprint density at radius 3 is 1.57 bits per heavy atom. The predicted octanol–water partition coefficient (Wildman–Crippen LogP) is 11.7. The van der Waals surface area contributed by atoms with Crippen LogP contribution in [0, 0.1) is 17.1 Å². The molecule has 0 aliphatic heterocycles. The number of nitrogens with zero attached hydrogens (tertiary/aromatic N) is 1. The van der Waals surface area contributed by atoms with E-state index in [0.717, 1.165) is 36.0 Å². The fourth-order valence-corrected chi connectivity index (χ4v) is 6.43. The Kier molecular flexibility index (Phi) is 15.7. The highest BCUT2D eigenvalue weighted by atomic mass is 19.1. The first-order valence-corrected chi connectivity index (χ1v) is 17.8. The SMILES string of the molecule is CCCCCCCCCCCCCCC(COC(c1ccccc1)(c1ccccc1)c1ccccc1)OCc1cc(F)cc(C#N)c1. The van der Waals surface area contributed by atoms with E-state index in [4.69, 9.17) is 9.47 Å². The van der Waals surface area contributed by atoms with Crippen LogP contribution in [0.3, 0.4) is 0 Å². The van der Waals surface area contributed by atoms with Gasteiger partial charge >= 0.3 is 0 Å². The van der Waals surface area contributed by atoms with Gasteiger partial charge in [-0.1, -0.05) is 175 Å². The molecule has 0 bridgehead atoms. The largest absolute Gasteiger partial charge is 0.371 e. The van der Waals surface area contributed by atoms with E-state index in [1.54, 1.807) is 6.07 Å². The summed E-state index contributed by atoms with van der Waals surface area (Å²) in [5.74, 6) is -0.423. The Hall–Kier alpha value is -3.78. The fourth-order valence-electron chi connectivity index (χ4n) is 6.43. The zero-order valence-electron chi connectivity index (χ0n) is 28.2. The van der Waals surface area contributed by atoms with E-state index >= 15 is 0 Å². The van der Waals surface area contributed by atoms with Gasteiger partial charge in [-0.05, 0) is 46.9 Å². The maximum Gasteiger partial charge on any atom is 0.143 e. The van der Waals surface area contributed by atoms with Crippen LogP contribution in [-0.4, -0.2) is 12.7 Å². The standard InChI is InChI=1S/C43H52FNO2/c1-2-3-4-5-6-7-8-9-10-11-12-22-29-42(46-34-37-30-36(33-45)31-41(44)32-37)35-47-43(38-23-16-13-17-24-38,39-25-18-14-19-26-39)40-27-20-15-21-28-40/h13-21,23-28,30-32,42H,2-12,22,29,34-35H2,1H3. The van der Waals surface area contributed by atoms with Crippen LogP contribution in [0.25, 0.3) is 0 Å². The van der Waals surface area contributed by atoms with Gasteiger partial charge in [0.2, 0.25) is 0 Å². The average Bonchev–Trinajstić information content (AvgIpc) is 3.12. The van der Waals surface area contributed by atoms with Gasteiger partial charge in [-0.25, -0.2) is 4.39 Å². The summed E-state index contributed by atoms with van der Waals surface area (Å²) in [6.45, 7) is 2.84. The van der Waals surface area contributed by atoms with Crippen LogP contribution < -0.4 is 0 Å². The minimum atomic E-state index is -0.839. The predicted molar refractivity (Wildman–Crippen MR) is 191 cm³/mol. The van der Waals surface area contributed by atoms with E-state index in [1.165, 1.54) is 76.3 Å². The van der Waals surface area contributed by atoms with Crippen LogP contribution >= 0.6 is 0 Å². The van der Waals surface area contributed by atoms with Gasteiger partial charge in [0, 0.05) is 0 Å². The second-order valence-corrected chi connectivity index (χ2v) is 12.7. The van der Waals surface area contributed by atoms with Crippen molar-refractivity contribution in [3.8, 4) is 6.07 Å². The fraction of sp³-hybridized carbons (Fsp3) is 0.419. The highest BCUT2D eigenvalue weighted by molar-refractivity contribution is 5.47. The van der Waals surface area contributed by atoms with E-state index in [1.807, 2.05) is 18.2 Å². The summed E-state index contributed by atoms with van der Waals surface area (Å²) in [5, 5.41) is 9.36. The molecule has 4 aromatic carbocycles. The van der Waals surface area contributed by atoms with E-state index < -0.39 is 11.4 Å². The van der Waals surface area contributed by atoms with Crippen molar-refractivity contribution in [3.05, 3.63) is 143 Å². The summed E-state index contributed by atoms with van der Waals surface area (Å²) >= 11 is 0. The monoisotopic (exact) mass is 633 g/mol. The number of nitriles is 1. The minimum absolute atomic E-state index is 0.206. The average molecular weight is 634 g/mol. The van der Waals surface area contributed by atoms with Gasteiger partial charge in [0.15, 0.2) is 0 Å². The van der Waals surface area contributed by atoms with Gasteiger partial charge in [0.1, 0.15) is 11.4 Å². The first kappa shape index (κ1) is 36.1. The van der Waals surface area contributed by atoms with Crippen LogP contribution in [0.5, 0.6) is 0 Å². The number of hydrogen-bond donors (Lipinski definition) is 0. The summed E-state index contributed by atoms with van der Waals surface area (Å²) in [7, 11) is 0. The zero-order valence-corrected chi connectivity index (χ0v) is 28.2. The number of ether oxygens (including phenoxy) is 2. The quantitative estimate of drug-likeness (QED) is 0.0639. The summed E-state index contributed by atoms with van der Waals surface area (Å²) in [6.07, 6.45) is 16.1. The molecule has 4 rings (SSSR count). The third-order valence-electron chi connectivity index (χ3n) is 8.98. The van der Waals surface area contributed by atoms with Crippen molar-refractivity contribution in [2.24, 2.45) is 0 Å².